The molecule has 0 aliphatic rings. The molecule has 0 saturated heterocycles. The van der Waals surface area contributed by atoms with Gasteiger partial charge in [0, 0.05) is 17.7 Å². The lowest BCUT2D eigenvalue weighted by molar-refractivity contribution is -0.384. The third-order valence-corrected chi connectivity index (χ3v) is 4.11. The molecule has 25 heavy (non-hydrogen) atoms. The first kappa shape index (κ1) is 16.7. The molecule has 1 aromatic heterocycles. The van der Waals surface area contributed by atoms with Gasteiger partial charge in [0.1, 0.15) is 5.82 Å². The Balaban J connectivity index is 1.88. The zero-order valence-electron chi connectivity index (χ0n) is 13.0. The Labute approximate surface area is 148 Å². The summed E-state index contributed by atoms with van der Waals surface area (Å²) < 4.78 is 0. The highest BCUT2D eigenvalue weighted by atomic mass is 35.5. The van der Waals surface area contributed by atoms with Gasteiger partial charge in [-0.2, -0.15) is 5.26 Å². The molecule has 0 fully saturated rings. The fourth-order valence-corrected chi connectivity index (χ4v) is 2.80. The van der Waals surface area contributed by atoms with Gasteiger partial charge >= 0.3 is 0 Å². The number of nitrogens with one attached hydrogen (secondary N) is 1. The van der Waals surface area contributed by atoms with Gasteiger partial charge in [0.05, 0.1) is 22.6 Å². The van der Waals surface area contributed by atoms with Crippen LogP contribution in [-0.2, 0) is 6.42 Å². The Bertz CT molecular complexity index is 930. The third-order valence-electron chi connectivity index (χ3n) is 3.82. The highest BCUT2D eigenvalue weighted by molar-refractivity contribution is 6.30. The van der Waals surface area contributed by atoms with Crippen molar-refractivity contribution in [2.45, 2.75) is 12.3 Å². The lowest BCUT2D eigenvalue weighted by Gasteiger charge is -2.07. The smallest absolute Gasteiger partial charge is 0.269 e. The number of nitrogens with zero attached hydrogens (tertiary/aromatic N) is 3. The average molecular weight is 353 g/mol. The van der Waals surface area contributed by atoms with Crippen LogP contribution in [0.15, 0.2) is 54.6 Å². The second-order valence-electron chi connectivity index (χ2n) is 5.47. The number of halogens is 1. The van der Waals surface area contributed by atoms with Gasteiger partial charge in [-0.05, 0) is 24.1 Å². The number of imidazole rings is 1. The molecule has 124 valence electrons. The zero-order chi connectivity index (χ0) is 17.8. The maximum Gasteiger partial charge on any atom is 0.269 e. The maximum absolute atomic E-state index is 10.7. The number of nitro benzene ring substituents is 1. The Hall–Kier alpha value is -3.17. The van der Waals surface area contributed by atoms with Crippen LogP contribution in [-0.4, -0.2) is 14.9 Å². The quantitative estimate of drug-likeness (QED) is 0.540. The van der Waals surface area contributed by atoms with Gasteiger partial charge in [0.2, 0.25) is 0 Å². The molecule has 3 aromatic rings. The van der Waals surface area contributed by atoms with Crippen LogP contribution in [0.1, 0.15) is 17.2 Å². The number of non-ortho nitro benzene ring substituents is 1. The second kappa shape index (κ2) is 7.16. The molecule has 1 atom stereocenters. The van der Waals surface area contributed by atoms with E-state index in [1.54, 1.807) is 12.1 Å². The van der Waals surface area contributed by atoms with E-state index in [2.05, 4.69) is 16.0 Å². The molecule has 0 saturated carbocycles. The van der Waals surface area contributed by atoms with Gasteiger partial charge in [0.15, 0.2) is 5.15 Å². The molecule has 0 aliphatic carbocycles. The van der Waals surface area contributed by atoms with Crippen LogP contribution in [0.5, 0.6) is 0 Å². The van der Waals surface area contributed by atoms with Crippen molar-refractivity contribution in [1.82, 2.24) is 9.97 Å². The van der Waals surface area contributed by atoms with Crippen LogP contribution in [0.2, 0.25) is 5.15 Å². The maximum atomic E-state index is 10.7. The number of rotatable bonds is 5. The summed E-state index contributed by atoms with van der Waals surface area (Å²) in [6, 6.07) is 17.9. The van der Waals surface area contributed by atoms with E-state index in [9.17, 15) is 15.4 Å². The topological polar surface area (TPSA) is 95.6 Å². The van der Waals surface area contributed by atoms with Crippen LogP contribution >= 0.6 is 11.6 Å². The van der Waals surface area contributed by atoms with Gasteiger partial charge in [-0.25, -0.2) is 4.98 Å². The molecule has 0 radical (unpaired) electrons. The highest BCUT2D eigenvalue weighted by Gasteiger charge is 2.20. The summed E-state index contributed by atoms with van der Waals surface area (Å²) in [5.41, 5.74) is 2.23. The molecule has 0 aliphatic heterocycles. The van der Waals surface area contributed by atoms with Crippen molar-refractivity contribution in [2.24, 2.45) is 0 Å². The normalized spacial score (nSPS) is 11.7. The summed E-state index contributed by atoms with van der Waals surface area (Å²) >= 11 is 6.21. The number of nitro groups is 1. The minimum absolute atomic E-state index is 0.000561. The van der Waals surface area contributed by atoms with Crippen LogP contribution in [0.4, 0.5) is 5.69 Å². The standard InChI is InChI=1S/C18H13ClN4O2/c19-17-16(14(11-20)10-12-4-2-1-3-5-12)21-18(22-17)13-6-8-15(9-7-13)23(24)25/h1-9,14H,10H2,(H,21,22). The zero-order valence-corrected chi connectivity index (χ0v) is 13.8. The van der Waals surface area contributed by atoms with Gasteiger partial charge < -0.3 is 4.98 Å². The van der Waals surface area contributed by atoms with Crippen molar-refractivity contribution in [2.75, 3.05) is 0 Å². The van der Waals surface area contributed by atoms with Crippen molar-refractivity contribution in [3.63, 3.8) is 0 Å². The number of H-pyrrole nitrogens is 1. The van der Waals surface area contributed by atoms with E-state index in [0.717, 1.165) is 5.56 Å². The monoisotopic (exact) mass is 352 g/mol. The fraction of sp³-hybridized carbons (Fsp3) is 0.111. The van der Waals surface area contributed by atoms with E-state index in [-0.39, 0.29) is 10.8 Å². The second-order valence-corrected chi connectivity index (χ2v) is 5.82. The molecule has 3 rings (SSSR count). The Morgan fingerprint density at radius 3 is 2.48 bits per heavy atom. The summed E-state index contributed by atoms with van der Waals surface area (Å²) in [5.74, 6) is 0.0115. The molecule has 1 unspecified atom stereocenters. The van der Waals surface area contributed by atoms with E-state index in [0.29, 0.717) is 23.5 Å². The van der Waals surface area contributed by atoms with E-state index in [4.69, 9.17) is 11.6 Å². The lowest BCUT2D eigenvalue weighted by atomic mass is 9.98. The fourth-order valence-electron chi connectivity index (χ4n) is 2.54. The molecular weight excluding hydrogens is 340 g/mol. The SMILES string of the molecule is N#CC(Cc1ccccc1)c1[nH]c(-c2ccc([N+](=O)[O-])cc2)nc1Cl. The van der Waals surface area contributed by atoms with Crippen molar-refractivity contribution in [1.29, 1.82) is 5.26 Å². The van der Waals surface area contributed by atoms with Crippen molar-refractivity contribution in [3.05, 3.63) is 81.1 Å². The van der Waals surface area contributed by atoms with E-state index >= 15 is 0 Å². The first-order valence-corrected chi connectivity index (χ1v) is 7.90. The van der Waals surface area contributed by atoms with Gasteiger partial charge in [-0.15, -0.1) is 0 Å². The number of aromatic nitrogens is 2. The molecule has 1 heterocycles. The molecule has 7 heteroatoms. The van der Waals surface area contributed by atoms with Crippen LogP contribution in [0.25, 0.3) is 11.4 Å². The van der Waals surface area contributed by atoms with Gasteiger partial charge in [-0.3, -0.25) is 10.1 Å². The summed E-state index contributed by atoms with van der Waals surface area (Å²) in [5, 5.41) is 20.5. The Morgan fingerprint density at radius 1 is 1.20 bits per heavy atom. The minimum Gasteiger partial charge on any atom is -0.339 e. The predicted octanol–water partition coefficient (Wildman–Crippen LogP) is 4.49. The third kappa shape index (κ3) is 3.67. The number of aromatic amines is 1. The largest absolute Gasteiger partial charge is 0.339 e. The summed E-state index contributed by atoms with van der Waals surface area (Å²) in [6.07, 6.45) is 0.513. The number of benzene rings is 2. The predicted molar refractivity (Wildman–Crippen MR) is 94.2 cm³/mol. The summed E-state index contributed by atoms with van der Waals surface area (Å²) in [4.78, 5) is 17.6. The van der Waals surface area contributed by atoms with Crippen molar-refractivity contribution < 1.29 is 4.92 Å². The molecule has 0 bridgehead atoms. The average Bonchev–Trinajstić information content (AvgIpc) is 3.02. The molecule has 6 nitrogen and oxygen atoms in total. The van der Waals surface area contributed by atoms with Crippen LogP contribution < -0.4 is 0 Å². The molecular formula is C18H13ClN4O2. The molecule has 2 aromatic carbocycles. The van der Waals surface area contributed by atoms with E-state index in [1.807, 2.05) is 30.3 Å². The number of nitriles is 1. The lowest BCUT2D eigenvalue weighted by Crippen LogP contribution is -2.01. The summed E-state index contributed by atoms with van der Waals surface area (Å²) in [6.45, 7) is 0. The van der Waals surface area contributed by atoms with Gasteiger partial charge in [0.25, 0.3) is 5.69 Å². The van der Waals surface area contributed by atoms with Gasteiger partial charge in [-0.1, -0.05) is 41.9 Å². The van der Waals surface area contributed by atoms with E-state index in [1.165, 1.54) is 12.1 Å². The number of hydrogen-bond acceptors (Lipinski definition) is 4. The summed E-state index contributed by atoms with van der Waals surface area (Å²) in [7, 11) is 0. The Morgan fingerprint density at radius 2 is 1.88 bits per heavy atom. The highest BCUT2D eigenvalue weighted by Crippen LogP contribution is 2.29. The molecule has 0 spiro atoms. The molecule has 1 N–H and O–H groups in total. The first-order chi connectivity index (χ1) is 12.1. The number of hydrogen-bond donors (Lipinski definition) is 1. The minimum atomic E-state index is -0.464. The van der Waals surface area contributed by atoms with Crippen LogP contribution in [0.3, 0.4) is 0 Å². The molecule has 0 amide bonds. The Kier molecular flexibility index (Phi) is 4.78. The van der Waals surface area contributed by atoms with Crippen molar-refractivity contribution in [3.8, 4) is 17.5 Å². The first-order valence-electron chi connectivity index (χ1n) is 7.52. The van der Waals surface area contributed by atoms with Crippen LogP contribution in [0, 0.1) is 21.4 Å². The van der Waals surface area contributed by atoms with E-state index < -0.39 is 10.8 Å². The van der Waals surface area contributed by atoms with Crippen molar-refractivity contribution >= 4 is 17.3 Å².